The molecule has 5 rings (SSSR count). The molecular weight excluding hydrogens is 421 g/mol. The summed E-state index contributed by atoms with van der Waals surface area (Å²) < 4.78 is 21.4. The van der Waals surface area contributed by atoms with E-state index in [0.29, 0.717) is 35.4 Å². The lowest BCUT2D eigenvalue weighted by atomic mass is 9.99. The van der Waals surface area contributed by atoms with Crippen molar-refractivity contribution >= 4 is 40.1 Å². The molecule has 1 aliphatic heterocycles. The number of benzene rings is 1. The van der Waals surface area contributed by atoms with Gasteiger partial charge in [0, 0.05) is 35.3 Å². The Morgan fingerprint density at radius 1 is 1.32 bits per heavy atom. The summed E-state index contributed by atoms with van der Waals surface area (Å²) in [5, 5.41) is 0.976. The van der Waals surface area contributed by atoms with Gasteiger partial charge in [0.25, 0.3) is 0 Å². The number of hydrogen-bond acceptors (Lipinski definition) is 4. The van der Waals surface area contributed by atoms with Crippen LogP contribution in [0.5, 0.6) is 0 Å². The number of esters is 1. The second-order valence-corrected chi connectivity index (χ2v) is 8.60. The van der Waals surface area contributed by atoms with Gasteiger partial charge in [-0.1, -0.05) is 11.6 Å². The zero-order valence-corrected chi connectivity index (χ0v) is 17.8. The molecule has 2 aliphatic rings. The van der Waals surface area contributed by atoms with Crippen molar-refractivity contribution in [2.24, 2.45) is 0 Å². The number of anilines is 1. The summed E-state index contributed by atoms with van der Waals surface area (Å²) in [5.41, 5.74) is 2.62. The number of nitrogens with zero attached hydrogens (tertiary/aromatic N) is 3. The lowest BCUT2D eigenvalue weighted by molar-refractivity contribution is -0.140. The van der Waals surface area contributed by atoms with E-state index in [1.165, 1.54) is 13.2 Å². The maximum Gasteiger partial charge on any atom is 0.305 e. The first kappa shape index (κ1) is 20.0. The van der Waals surface area contributed by atoms with Gasteiger partial charge in [-0.25, -0.2) is 4.39 Å². The number of pyridine rings is 1. The Bertz CT molecular complexity index is 1220. The number of carbonyl (C=O) groups excluding carboxylic acids is 2. The third-order valence-corrected chi connectivity index (χ3v) is 6.54. The molecule has 160 valence electrons. The summed E-state index contributed by atoms with van der Waals surface area (Å²) in [6.45, 7) is 0.711. The van der Waals surface area contributed by atoms with Crippen LogP contribution < -0.4 is 4.90 Å². The summed E-state index contributed by atoms with van der Waals surface area (Å²) in [7, 11) is 1.35. The predicted molar refractivity (Wildman–Crippen MR) is 114 cm³/mol. The minimum absolute atomic E-state index is 0.0698. The average Bonchev–Trinajstić information content (AvgIpc) is 3.44. The lowest BCUT2D eigenvalue weighted by Crippen LogP contribution is -2.32. The van der Waals surface area contributed by atoms with E-state index in [4.69, 9.17) is 16.3 Å². The second kappa shape index (κ2) is 7.34. The first-order chi connectivity index (χ1) is 14.9. The normalized spacial score (nSPS) is 16.2. The lowest BCUT2D eigenvalue weighted by Gasteiger charge is -2.20. The third-order valence-electron chi connectivity index (χ3n) is 6.32. The van der Waals surface area contributed by atoms with Crippen LogP contribution in [-0.2, 0) is 32.8 Å². The van der Waals surface area contributed by atoms with Gasteiger partial charge in [0.05, 0.1) is 36.5 Å². The van der Waals surface area contributed by atoms with Crippen molar-refractivity contribution in [2.75, 3.05) is 12.0 Å². The molecule has 31 heavy (non-hydrogen) atoms. The van der Waals surface area contributed by atoms with Gasteiger partial charge in [0.1, 0.15) is 5.82 Å². The SMILES string of the molecule is COC(=O)CCCn1c(CN2C(=O)C3(CC3)c3ccncc32)cc2cc(Cl)cc(F)c21. The molecule has 1 amide bonds. The van der Waals surface area contributed by atoms with E-state index in [1.807, 2.05) is 16.7 Å². The van der Waals surface area contributed by atoms with E-state index in [2.05, 4.69) is 4.98 Å². The topological polar surface area (TPSA) is 64.4 Å². The highest BCUT2D eigenvalue weighted by molar-refractivity contribution is 6.31. The van der Waals surface area contributed by atoms with E-state index in [9.17, 15) is 14.0 Å². The van der Waals surface area contributed by atoms with Gasteiger partial charge in [-0.3, -0.25) is 14.6 Å². The van der Waals surface area contributed by atoms with Gasteiger partial charge in [-0.05, 0) is 49.1 Å². The van der Waals surface area contributed by atoms with Gasteiger partial charge >= 0.3 is 5.97 Å². The fourth-order valence-corrected chi connectivity index (χ4v) is 4.88. The van der Waals surface area contributed by atoms with Crippen molar-refractivity contribution in [1.82, 2.24) is 9.55 Å². The molecular formula is C23H21ClFN3O3. The Morgan fingerprint density at radius 2 is 2.13 bits per heavy atom. The Kier molecular flexibility index (Phi) is 4.73. The number of aromatic nitrogens is 2. The van der Waals surface area contributed by atoms with E-state index < -0.39 is 11.2 Å². The Balaban J connectivity index is 1.54. The fourth-order valence-electron chi connectivity index (χ4n) is 4.67. The van der Waals surface area contributed by atoms with Gasteiger partial charge in [0.15, 0.2) is 0 Å². The quantitative estimate of drug-likeness (QED) is 0.533. The van der Waals surface area contributed by atoms with Crippen LogP contribution >= 0.6 is 11.6 Å². The van der Waals surface area contributed by atoms with Gasteiger partial charge in [-0.2, -0.15) is 0 Å². The number of amides is 1. The van der Waals surface area contributed by atoms with Crippen LogP contribution in [0.1, 0.15) is 36.9 Å². The number of carbonyl (C=O) groups is 2. The maximum absolute atomic E-state index is 14.8. The van der Waals surface area contributed by atoms with E-state index in [-0.39, 0.29) is 18.3 Å². The Hall–Kier alpha value is -2.93. The minimum atomic E-state index is -0.430. The summed E-state index contributed by atoms with van der Waals surface area (Å²) >= 11 is 6.07. The largest absolute Gasteiger partial charge is 0.469 e. The predicted octanol–water partition coefficient (Wildman–Crippen LogP) is 4.36. The first-order valence-electron chi connectivity index (χ1n) is 10.2. The molecule has 0 bridgehead atoms. The van der Waals surface area contributed by atoms with Gasteiger partial charge < -0.3 is 14.2 Å². The van der Waals surface area contributed by atoms with Crippen molar-refractivity contribution in [3.63, 3.8) is 0 Å². The summed E-state index contributed by atoms with van der Waals surface area (Å²) in [6, 6.07) is 6.78. The molecule has 0 unspecified atom stereocenters. The zero-order chi connectivity index (χ0) is 21.8. The number of hydrogen-bond donors (Lipinski definition) is 0. The van der Waals surface area contributed by atoms with E-state index in [0.717, 1.165) is 29.8 Å². The molecule has 0 radical (unpaired) electrons. The smallest absolute Gasteiger partial charge is 0.305 e. The summed E-state index contributed by atoms with van der Waals surface area (Å²) in [4.78, 5) is 30.8. The molecule has 0 N–H and O–H groups in total. The van der Waals surface area contributed by atoms with Crippen molar-refractivity contribution in [3.8, 4) is 0 Å². The van der Waals surface area contributed by atoms with Crippen LogP contribution in [0.25, 0.3) is 10.9 Å². The molecule has 1 fully saturated rings. The summed E-state index contributed by atoms with van der Waals surface area (Å²) in [6.07, 6.45) is 5.83. The Labute approximate surface area is 183 Å². The van der Waals surface area contributed by atoms with Crippen LogP contribution in [0.3, 0.4) is 0 Å². The van der Waals surface area contributed by atoms with Crippen molar-refractivity contribution in [3.05, 3.63) is 58.8 Å². The minimum Gasteiger partial charge on any atom is -0.469 e. The second-order valence-electron chi connectivity index (χ2n) is 8.16. The van der Waals surface area contributed by atoms with Crippen molar-refractivity contribution in [1.29, 1.82) is 0 Å². The number of fused-ring (bicyclic) bond motifs is 3. The van der Waals surface area contributed by atoms with Crippen molar-refractivity contribution < 1.29 is 18.7 Å². The molecule has 0 atom stereocenters. The highest BCUT2D eigenvalue weighted by atomic mass is 35.5. The highest BCUT2D eigenvalue weighted by Gasteiger charge is 2.59. The molecule has 8 heteroatoms. The average molecular weight is 442 g/mol. The first-order valence-corrected chi connectivity index (χ1v) is 10.6. The molecule has 3 aromatic rings. The molecule has 3 heterocycles. The zero-order valence-electron chi connectivity index (χ0n) is 17.0. The van der Waals surface area contributed by atoms with Gasteiger partial charge in [-0.15, -0.1) is 0 Å². The standard InChI is InChI=1S/C23H21ClFN3O3/c1-31-20(29)3-2-8-27-16(10-14-9-15(24)11-18(25)21(14)27)13-28-19-12-26-7-4-17(19)23(5-6-23)22(28)30/h4,7,9-12H,2-3,5-6,8,13H2,1H3. The Morgan fingerprint density at radius 3 is 2.87 bits per heavy atom. The van der Waals surface area contributed by atoms with Crippen LogP contribution in [0.2, 0.25) is 5.02 Å². The maximum atomic E-state index is 14.8. The number of methoxy groups -OCH3 is 1. The van der Waals surface area contributed by atoms with Crippen LogP contribution in [0.4, 0.5) is 10.1 Å². The molecule has 1 aromatic carbocycles. The number of rotatable bonds is 6. The fraction of sp³-hybridized carbons (Fsp3) is 0.348. The molecule has 0 saturated heterocycles. The molecule has 6 nitrogen and oxygen atoms in total. The van der Waals surface area contributed by atoms with Crippen molar-refractivity contribution in [2.45, 2.75) is 44.2 Å². The van der Waals surface area contributed by atoms with Crippen LogP contribution in [-0.4, -0.2) is 28.5 Å². The number of ether oxygens (including phenoxy) is 1. The molecule has 2 aromatic heterocycles. The number of aryl methyl sites for hydroxylation is 1. The monoisotopic (exact) mass is 441 g/mol. The van der Waals surface area contributed by atoms with E-state index >= 15 is 0 Å². The third kappa shape index (κ3) is 3.19. The van der Waals surface area contributed by atoms with Crippen LogP contribution in [0, 0.1) is 5.82 Å². The molecule has 1 aliphatic carbocycles. The van der Waals surface area contributed by atoms with Gasteiger partial charge in [0.2, 0.25) is 5.91 Å². The van der Waals surface area contributed by atoms with E-state index in [1.54, 1.807) is 23.4 Å². The highest BCUT2D eigenvalue weighted by Crippen LogP contribution is 2.57. The van der Waals surface area contributed by atoms with Crippen LogP contribution in [0.15, 0.2) is 36.7 Å². The molecule has 1 saturated carbocycles. The number of halogens is 2. The summed E-state index contributed by atoms with van der Waals surface area (Å²) in [5.74, 6) is -0.674. The molecule has 1 spiro atoms.